The van der Waals surface area contributed by atoms with Gasteiger partial charge in [-0.05, 0) is 31.4 Å². The maximum absolute atomic E-state index is 12.0. The molecule has 0 heterocycles. The molecule has 1 rings (SSSR count). The van der Waals surface area contributed by atoms with Crippen LogP contribution in [-0.4, -0.2) is 43.4 Å². The number of carbonyl (C=O) groups is 1. The standard InChI is InChI=1S/C17H29N3O2/c1-13(2)16(10-11-21)19-17(22)18-12-14(3)20(4)15-8-6-5-7-9-15/h5-9,13-14,16,21H,10-12H2,1-4H3,(H2,18,19,22). The average Bonchev–Trinajstić information content (AvgIpc) is 2.52. The Hall–Kier alpha value is -1.75. The lowest BCUT2D eigenvalue weighted by molar-refractivity contribution is 0.218. The summed E-state index contributed by atoms with van der Waals surface area (Å²) < 4.78 is 0. The number of benzene rings is 1. The van der Waals surface area contributed by atoms with Crippen LogP contribution in [0.4, 0.5) is 10.5 Å². The first-order valence-electron chi connectivity index (χ1n) is 7.88. The van der Waals surface area contributed by atoms with E-state index in [1.807, 2.05) is 51.2 Å². The number of nitrogens with zero attached hydrogens (tertiary/aromatic N) is 1. The van der Waals surface area contributed by atoms with Crippen molar-refractivity contribution in [2.75, 3.05) is 25.1 Å². The summed E-state index contributed by atoms with van der Waals surface area (Å²) in [7, 11) is 2.02. The Labute approximate surface area is 133 Å². The second-order valence-corrected chi connectivity index (χ2v) is 6.01. The number of urea groups is 1. The van der Waals surface area contributed by atoms with Crippen LogP contribution in [0.1, 0.15) is 27.2 Å². The average molecular weight is 307 g/mol. The quantitative estimate of drug-likeness (QED) is 0.690. The topological polar surface area (TPSA) is 64.6 Å². The van der Waals surface area contributed by atoms with E-state index in [-0.39, 0.29) is 24.7 Å². The van der Waals surface area contributed by atoms with Gasteiger partial charge in [-0.15, -0.1) is 0 Å². The molecule has 0 saturated carbocycles. The third-order valence-electron chi connectivity index (χ3n) is 3.94. The van der Waals surface area contributed by atoms with Gasteiger partial charge in [0.2, 0.25) is 0 Å². The van der Waals surface area contributed by atoms with Crippen molar-refractivity contribution < 1.29 is 9.90 Å². The lowest BCUT2D eigenvalue weighted by Crippen LogP contribution is -2.48. The normalized spacial score (nSPS) is 13.5. The van der Waals surface area contributed by atoms with Crippen LogP contribution in [0, 0.1) is 5.92 Å². The first-order chi connectivity index (χ1) is 10.5. The first kappa shape index (κ1) is 18.3. The number of para-hydroxylation sites is 1. The number of hydrogen-bond donors (Lipinski definition) is 3. The monoisotopic (exact) mass is 307 g/mol. The van der Waals surface area contributed by atoms with Crippen LogP contribution in [0.15, 0.2) is 30.3 Å². The molecule has 124 valence electrons. The maximum Gasteiger partial charge on any atom is 0.315 e. The molecule has 0 aliphatic heterocycles. The Kier molecular flexibility index (Phi) is 7.74. The zero-order valence-corrected chi connectivity index (χ0v) is 14.0. The van der Waals surface area contributed by atoms with Crippen molar-refractivity contribution in [1.29, 1.82) is 0 Å². The summed E-state index contributed by atoms with van der Waals surface area (Å²) in [6, 6.07) is 10.1. The number of aliphatic hydroxyl groups excluding tert-OH is 1. The Morgan fingerprint density at radius 2 is 1.86 bits per heavy atom. The molecule has 5 nitrogen and oxygen atoms in total. The van der Waals surface area contributed by atoms with Crippen molar-refractivity contribution in [2.45, 2.75) is 39.3 Å². The van der Waals surface area contributed by atoms with E-state index in [9.17, 15) is 4.79 Å². The van der Waals surface area contributed by atoms with Gasteiger partial charge in [-0.25, -0.2) is 4.79 Å². The van der Waals surface area contributed by atoms with Gasteiger partial charge in [0.25, 0.3) is 0 Å². The van der Waals surface area contributed by atoms with E-state index in [1.165, 1.54) is 0 Å². The fraction of sp³-hybridized carbons (Fsp3) is 0.588. The van der Waals surface area contributed by atoms with Crippen LogP contribution in [0.3, 0.4) is 0 Å². The van der Waals surface area contributed by atoms with Gasteiger partial charge in [0.05, 0.1) is 0 Å². The molecule has 0 bridgehead atoms. The minimum Gasteiger partial charge on any atom is -0.396 e. The lowest BCUT2D eigenvalue weighted by Gasteiger charge is -2.28. The van der Waals surface area contributed by atoms with Gasteiger partial charge in [-0.1, -0.05) is 32.0 Å². The molecule has 0 aliphatic carbocycles. The molecule has 3 N–H and O–H groups in total. The highest BCUT2D eigenvalue weighted by molar-refractivity contribution is 5.74. The largest absolute Gasteiger partial charge is 0.396 e. The number of rotatable bonds is 8. The SMILES string of the molecule is CC(C)C(CCO)NC(=O)NCC(C)N(C)c1ccccc1. The molecule has 0 aliphatic rings. The highest BCUT2D eigenvalue weighted by Gasteiger charge is 2.16. The van der Waals surface area contributed by atoms with E-state index in [1.54, 1.807) is 0 Å². The molecule has 22 heavy (non-hydrogen) atoms. The summed E-state index contributed by atoms with van der Waals surface area (Å²) in [6.07, 6.45) is 0.574. The number of anilines is 1. The summed E-state index contributed by atoms with van der Waals surface area (Å²) in [6.45, 7) is 6.77. The van der Waals surface area contributed by atoms with E-state index in [0.29, 0.717) is 18.9 Å². The summed E-state index contributed by atoms with van der Waals surface area (Å²) in [5, 5.41) is 14.9. The van der Waals surface area contributed by atoms with Crippen molar-refractivity contribution in [1.82, 2.24) is 10.6 Å². The molecule has 0 radical (unpaired) electrons. The van der Waals surface area contributed by atoms with E-state index < -0.39 is 0 Å². The van der Waals surface area contributed by atoms with Crippen molar-refractivity contribution >= 4 is 11.7 Å². The molecule has 2 unspecified atom stereocenters. The fourth-order valence-corrected chi connectivity index (χ4v) is 2.23. The molecule has 2 amide bonds. The molecular formula is C17H29N3O2. The van der Waals surface area contributed by atoms with Crippen molar-refractivity contribution in [3.63, 3.8) is 0 Å². The molecule has 1 aromatic carbocycles. The Bertz CT molecular complexity index is 437. The van der Waals surface area contributed by atoms with Crippen molar-refractivity contribution in [3.8, 4) is 0 Å². The van der Waals surface area contributed by atoms with E-state index >= 15 is 0 Å². The molecule has 0 spiro atoms. The second kappa shape index (κ2) is 9.30. The van der Waals surface area contributed by atoms with Gasteiger partial charge < -0.3 is 20.6 Å². The number of amides is 2. The second-order valence-electron chi connectivity index (χ2n) is 6.01. The minimum atomic E-state index is -0.180. The Morgan fingerprint density at radius 1 is 1.23 bits per heavy atom. The van der Waals surface area contributed by atoms with Gasteiger partial charge in [0.15, 0.2) is 0 Å². The van der Waals surface area contributed by atoms with Crippen molar-refractivity contribution in [2.24, 2.45) is 5.92 Å². The molecular weight excluding hydrogens is 278 g/mol. The van der Waals surface area contributed by atoms with Crippen LogP contribution < -0.4 is 15.5 Å². The number of carbonyl (C=O) groups excluding carboxylic acids is 1. The molecule has 0 aromatic heterocycles. The Morgan fingerprint density at radius 3 is 2.41 bits per heavy atom. The van der Waals surface area contributed by atoms with Crippen LogP contribution in [0.2, 0.25) is 0 Å². The zero-order valence-electron chi connectivity index (χ0n) is 14.0. The summed E-state index contributed by atoms with van der Waals surface area (Å²) in [5.41, 5.74) is 1.12. The predicted molar refractivity (Wildman–Crippen MR) is 91.2 cm³/mol. The van der Waals surface area contributed by atoms with Gasteiger partial charge in [-0.3, -0.25) is 0 Å². The van der Waals surface area contributed by atoms with E-state index in [4.69, 9.17) is 5.11 Å². The molecule has 2 atom stereocenters. The van der Waals surface area contributed by atoms with Crippen LogP contribution in [0.5, 0.6) is 0 Å². The third kappa shape index (κ3) is 5.93. The van der Waals surface area contributed by atoms with E-state index in [0.717, 1.165) is 5.69 Å². The van der Waals surface area contributed by atoms with Gasteiger partial charge in [0, 0.05) is 38.0 Å². The molecule has 0 fully saturated rings. The number of aliphatic hydroxyl groups is 1. The third-order valence-corrected chi connectivity index (χ3v) is 3.94. The van der Waals surface area contributed by atoms with Gasteiger partial charge >= 0.3 is 6.03 Å². The fourth-order valence-electron chi connectivity index (χ4n) is 2.23. The number of hydrogen-bond acceptors (Lipinski definition) is 3. The predicted octanol–water partition coefficient (Wildman–Crippen LogP) is 2.22. The molecule has 5 heteroatoms. The minimum absolute atomic E-state index is 0.00726. The smallest absolute Gasteiger partial charge is 0.315 e. The van der Waals surface area contributed by atoms with Gasteiger partial charge in [-0.2, -0.15) is 0 Å². The van der Waals surface area contributed by atoms with E-state index in [2.05, 4.69) is 22.5 Å². The van der Waals surface area contributed by atoms with Crippen LogP contribution >= 0.6 is 0 Å². The summed E-state index contributed by atoms with van der Waals surface area (Å²) >= 11 is 0. The van der Waals surface area contributed by atoms with Crippen LogP contribution in [0.25, 0.3) is 0 Å². The summed E-state index contributed by atoms with van der Waals surface area (Å²) in [4.78, 5) is 14.1. The number of nitrogens with one attached hydrogen (secondary N) is 2. The van der Waals surface area contributed by atoms with Crippen LogP contribution in [-0.2, 0) is 0 Å². The van der Waals surface area contributed by atoms with Crippen molar-refractivity contribution in [3.05, 3.63) is 30.3 Å². The highest BCUT2D eigenvalue weighted by Crippen LogP contribution is 2.13. The molecule has 0 saturated heterocycles. The van der Waals surface area contributed by atoms with Gasteiger partial charge in [0.1, 0.15) is 0 Å². The zero-order chi connectivity index (χ0) is 16.5. The molecule has 1 aromatic rings. The maximum atomic E-state index is 12.0. The Balaban J connectivity index is 2.42. The highest BCUT2D eigenvalue weighted by atomic mass is 16.3. The first-order valence-corrected chi connectivity index (χ1v) is 7.88. The summed E-state index contributed by atoms with van der Waals surface area (Å²) in [5.74, 6) is 0.294. The number of likely N-dealkylation sites (N-methyl/N-ethyl adjacent to an activating group) is 1. The lowest BCUT2D eigenvalue weighted by atomic mass is 10.0.